The molecule has 3 nitrogen and oxygen atoms in total. The number of ether oxygens (including phenoxy) is 1. The first-order valence-corrected chi connectivity index (χ1v) is 6.31. The zero-order chi connectivity index (χ0) is 11.5. The molecule has 84 valence electrons. The summed E-state index contributed by atoms with van der Waals surface area (Å²) in [4.78, 5) is 4.21. The van der Waals surface area contributed by atoms with Crippen molar-refractivity contribution in [2.45, 2.75) is 29.7 Å². The summed E-state index contributed by atoms with van der Waals surface area (Å²) in [6.07, 6.45) is 2.84. The number of hydrogen-bond donors (Lipinski definition) is 0. The summed E-state index contributed by atoms with van der Waals surface area (Å²) in [5.74, 6) is 0. The zero-order valence-corrected chi connectivity index (χ0v) is 10.4. The van der Waals surface area contributed by atoms with Gasteiger partial charge in [-0.15, -0.1) is 0 Å². The van der Waals surface area contributed by atoms with Crippen LogP contribution >= 0.6 is 23.4 Å². The second-order valence-corrected chi connectivity index (χ2v) is 5.22. The highest BCUT2D eigenvalue weighted by Gasteiger charge is 2.26. The Morgan fingerprint density at radius 1 is 1.69 bits per heavy atom. The standard InChI is InChI=1S/C11H11ClN2OS/c1-7-9(3-5-15-7)16-11-10(12)8(6-13)2-4-14-11/h2,4,7,9H,3,5H2,1H3. The van der Waals surface area contributed by atoms with Gasteiger partial charge in [0.05, 0.1) is 16.7 Å². The fraction of sp³-hybridized carbons (Fsp3) is 0.455. The number of thioether (sulfide) groups is 1. The van der Waals surface area contributed by atoms with E-state index in [4.69, 9.17) is 21.6 Å². The third-order valence-electron chi connectivity index (χ3n) is 2.55. The third-order valence-corrected chi connectivity index (χ3v) is 4.50. The average Bonchev–Trinajstić information content (AvgIpc) is 2.68. The van der Waals surface area contributed by atoms with Crippen LogP contribution in [-0.4, -0.2) is 22.9 Å². The van der Waals surface area contributed by atoms with Crippen molar-refractivity contribution in [1.29, 1.82) is 5.26 Å². The van der Waals surface area contributed by atoms with Crippen LogP contribution in [0.15, 0.2) is 17.3 Å². The first kappa shape index (κ1) is 11.7. The minimum Gasteiger partial charge on any atom is -0.377 e. The largest absolute Gasteiger partial charge is 0.377 e. The van der Waals surface area contributed by atoms with Crippen molar-refractivity contribution < 1.29 is 4.74 Å². The van der Waals surface area contributed by atoms with Gasteiger partial charge in [-0.3, -0.25) is 0 Å². The fourth-order valence-corrected chi connectivity index (χ4v) is 3.00. The van der Waals surface area contributed by atoms with Gasteiger partial charge in [-0.25, -0.2) is 4.98 Å². The number of aromatic nitrogens is 1. The highest BCUT2D eigenvalue weighted by Crippen LogP contribution is 2.35. The number of halogens is 1. The molecule has 1 saturated heterocycles. The highest BCUT2D eigenvalue weighted by atomic mass is 35.5. The summed E-state index contributed by atoms with van der Waals surface area (Å²) in [6, 6.07) is 3.68. The van der Waals surface area contributed by atoms with Gasteiger partial charge in [0.25, 0.3) is 0 Å². The Hall–Kier alpha value is -0.760. The molecule has 0 aromatic carbocycles. The normalized spacial score (nSPS) is 24.3. The topological polar surface area (TPSA) is 45.9 Å². The maximum absolute atomic E-state index is 8.86. The molecular weight excluding hydrogens is 244 g/mol. The lowest BCUT2D eigenvalue weighted by Crippen LogP contribution is -2.13. The molecule has 1 aromatic heterocycles. The summed E-state index contributed by atoms with van der Waals surface area (Å²) in [7, 11) is 0. The van der Waals surface area contributed by atoms with E-state index in [9.17, 15) is 0 Å². The monoisotopic (exact) mass is 254 g/mol. The molecule has 2 heterocycles. The quantitative estimate of drug-likeness (QED) is 0.814. The molecule has 0 aliphatic carbocycles. The molecule has 0 bridgehead atoms. The summed E-state index contributed by atoms with van der Waals surface area (Å²) >= 11 is 7.68. The van der Waals surface area contributed by atoms with E-state index >= 15 is 0 Å². The van der Waals surface area contributed by atoms with Crippen LogP contribution < -0.4 is 0 Å². The first-order chi connectivity index (χ1) is 7.72. The number of rotatable bonds is 2. The van der Waals surface area contributed by atoms with Gasteiger partial charge < -0.3 is 4.74 Å². The molecule has 1 aliphatic heterocycles. The van der Waals surface area contributed by atoms with Gasteiger partial charge in [-0.05, 0) is 19.4 Å². The van der Waals surface area contributed by atoms with Gasteiger partial charge in [0.2, 0.25) is 0 Å². The van der Waals surface area contributed by atoms with Crippen molar-refractivity contribution in [1.82, 2.24) is 4.98 Å². The number of pyridine rings is 1. The molecule has 0 saturated carbocycles. The summed E-state index contributed by atoms with van der Waals surface area (Å²) in [6.45, 7) is 2.83. The van der Waals surface area contributed by atoms with Crippen LogP contribution in [0.5, 0.6) is 0 Å². The van der Waals surface area contributed by atoms with Crippen LogP contribution in [-0.2, 0) is 4.74 Å². The second-order valence-electron chi connectivity index (χ2n) is 3.61. The van der Waals surface area contributed by atoms with Gasteiger partial charge in [0.15, 0.2) is 0 Å². The highest BCUT2D eigenvalue weighted by molar-refractivity contribution is 8.00. The molecule has 1 aliphatic rings. The molecule has 0 spiro atoms. The number of nitrogens with zero attached hydrogens (tertiary/aromatic N) is 2. The van der Waals surface area contributed by atoms with E-state index in [1.165, 1.54) is 0 Å². The molecule has 0 amide bonds. The van der Waals surface area contributed by atoms with Gasteiger partial charge in [0.1, 0.15) is 11.1 Å². The Balaban J connectivity index is 2.19. The fourth-order valence-electron chi connectivity index (χ4n) is 1.60. The van der Waals surface area contributed by atoms with Crippen molar-refractivity contribution in [2.24, 2.45) is 0 Å². The number of hydrogen-bond acceptors (Lipinski definition) is 4. The molecule has 1 aromatic rings. The summed E-state index contributed by atoms with van der Waals surface area (Å²) in [5.41, 5.74) is 0.478. The Kier molecular flexibility index (Phi) is 3.70. The molecule has 16 heavy (non-hydrogen) atoms. The zero-order valence-electron chi connectivity index (χ0n) is 8.81. The van der Waals surface area contributed by atoms with E-state index in [2.05, 4.69) is 11.1 Å². The van der Waals surface area contributed by atoms with E-state index in [0.717, 1.165) is 18.1 Å². The van der Waals surface area contributed by atoms with E-state index in [1.54, 1.807) is 24.0 Å². The molecule has 2 unspecified atom stereocenters. The molecule has 2 atom stereocenters. The lowest BCUT2D eigenvalue weighted by molar-refractivity contribution is 0.127. The van der Waals surface area contributed by atoms with Crippen molar-refractivity contribution in [3.05, 3.63) is 22.8 Å². The predicted molar refractivity (Wildman–Crippen MR) is 63.6 cm³/mol. The molecule has 0 N–H and O–H groups in total. The van der Waals surface area contributed by atoms with E-state index < -0.39 is 0 Å². The van der Waals surface area contributed by atoms with E-state index in [-0.39, 0.29) is 6.10 Å². The van der Waals surface area contributed by atoms with E-state index in [0.29, 0.717) is 15.8 Å². The molecule has 5 heteroatoms. The molecule has 2 rings (SSSR count). The van der Waals surface area contributed by atoms with Crippen molar-refractivity contribution in [2.75, 3.05) is 6.61 Å². The maximum atomic E-state index is 8.86. The van der Waals surface area contributed by atoms with Crippen LogP contribution in [0.4, 0.5) is 0 Å². The van der Waals surface area contributed by atoms with Crippen LogP contribution in [0.1, 0.15) is 18.9 Å². The maximum Gasteiger partial charge on any atom is 0.116 e. The van der Waals surface area contributed by atoms with Crippen molar-refractivity contribution in [3.63, 3.8) is 0 Å². The van der Waals surface area contributed by atoms with Crippen LogP contribution in [0.2, 0.25) is 5.02 Å². The SMILES string of the molecule is CC1OCCC1Sc1nccc(C#N)c1Cl. The summed E-state index contributed by atoms with van der Waals surface area (Å²) < 4.78 is 5.48. The van der Waals surface area contributed by atoms with Crippen LogP contribution in [0.3, 0.4) is 0 Å². The third kappa shape index (κ3) is 2.32. The minimum absolute atomic E-state index is 0.216. The minimum atomic E-state index is 0.216. The van der Waals surface area contributed by atoms with Gasteiger partial charge in [-0.1, -0.05) is 23.4 Å². The van der Waals surface area contributed by atoms with Gasteiger partial charge in [0, 0.05) is 18.1 Å². The molecule has 1 fully saturated rings. The Labute approximate surface area is 104 Å². The number of nitriles is 1. The van der Waals surface area contributed by atoms with Crippen LogP contribution in [0.25, 0.3) is 0 Å². The van der Waals surface area contributed by atoms with Crippen molar-refractivity contribution >= 4 is 23.4 Å². The second kappa shape index (κ2) is 5.05. The van der Waals surface area contributed by atoms with Gasteiger partial charge in [-0.2, -0.15) is 5.26 Å². The van der Waals surface area contributed by atoms with Crippen molar-refractivity contribution in [3.8, 4) is 6.07 Å². The smallest absolute Gasteiger partial charge is 0.116 e. The predicted octanol–water partition coefficient (Wildman–Crippen LogP) is 2.88. The van der Waals surface area contributed by atoms with E-state index in [1.807, 2.05) is 6.92 Å². The average molecular weight is 255 g/mol. The Bertz CT molecular complexity index is 432. The Morgan fingerprint density at radius 2 is 2.50 bits per heavy atom. The Morgan fingerprint density at radius 3 is 3.12 bits per heavy atom. The molecule has 0 radical (unpaired) electrons. The first-order valence-electron chi connectivity index (χ1n) is 5.05. The van der Waals surface area contributed by atoms with Gasteiger partial charge >= 0.3 is 0 Å². The lowest BCUT2D eigenvalue weighted by Gasteiger charge is -2.13. The lowest BCUT2D eigenvalue weighted by atomic mass is 10.3. The summed E-state index contributed by atoms with van der Waals surface area (Å²) in [5, 5.41) is 10.4. The molecular formula is C11H11ClN2OS. The van der Waals surface area contributed by atoms with Crippen LogP contribution in [0, 0.1) is 11.3 Å².